The highest BCUT2D eigenvalue weighted by molar-refractivity contribution is 6.05. The first-order chi connectivity index (χ1) is 14.6. The molecule has 3 rings (SSSR count). The van der Waals surface area contributed by atoms with Crippen LogP contribution >= 0.6 is 0 Å². The van der Waals surface area contributed by atoms with Crippen molar-refractivity contribution < 1.29 is 23.7 Å². The minimum atomic E-state index is -0.262. The number of carbonyl (C=O) groups is 1. The van der Waals surface area contributed by atoms with Crippen molar-refractivity contribution in [2.24, 2.45) is 0 Å². The van der Waals surface area contributed by atoms with Crippen LogP contribution in [0.1, 0.15) is 22.8 Å². The maximum absolute atomic E-state index is 12.9. The normalized spacial score (nSPS) is 10.2. The Morgan fingerprint density at radius 3 is 2.33 bits per heavy atom. The lowest BCUT2D eigenvalue weighted by atomic mass is 10.1. The zero-order chi connectivity index (χ0) is 21.3. The summed E-state index contributed by atoms with van der Waals surface area (Å²) in [6.45, 7) is 2.72. The molecule has 1 amide bonds. The van der Waals surface area contributed by atoms with Crippen molar-refractivity contribution in [2.45, 2.75) is 13.5 Å². The maximum Gasteiger partial charge on any atom is 0.255 e. The molecule has 0 aliphatic carbocycles. The number of hydrogen-bond donors (Lipinski definition) is 1. The lowest BCUT2D eigenvalue weighted by Gasteiger charge is -2.14. The third-order valence-corrected chi connectivity index (χ3v) is 4.42. The molecule has 0 spiro atoms. The Kier molecular flexibility index (Phi) is 7.16. The van der Waals surface area contributed by atoms with Gasteiger partial charge in [-0.1, -0.05) is 18.2 Å². The summed E-state index contributed by atoms with van der Waals surface area (Å²) in [6, 6.07) is 20.0. The first kappa shape index (κ1) is 21.0. The molecule has 30 heavy (non-hydrogen) atoms. The molecule has 0 unspecified atom stereocenters. The molecule has 0 atom stereocenters. The second kappa shape index (κ2) is 10.2. The van der Waals surface area contributed by atoms with Gasteiger partial charge >= 0.3 is 0 Å². The second-order valence-corrected chi connectivity index (χ2v) is 6.38. The van der Waals surface area contributed by atoms with Gasteiger partial charge in [-0.25, -0.2) is 0 Å². The van der Waals surface area contributed by atoms with Crippen LogP contribution in [0.2, 0.25) is 0 Å². The summed E-state index contributed by atoms with van der Waals surface area (Å²) in [5, 5.41) is 2.88. The Bertz CT molecular complexity index is 988. The molecule has 156 valence electrons. The molecule has 0 fully saturated rings. The average Bonchev–Trinajstić information content (AvgIpc) is 2.79. The summed E-state index contributed by atoms with van der Waals surface area (Å²) in [6.07, 6.45) is 0. The zero-order valence-corrected chi connectivity index (χ0v) is 17.3. The van der Waals surface area contributed by atoms with Crippen molar-refractivity contribution in [3.05, 3.63) is 77.9 Å². The summed E-state index contributed by atoms with van der Waals surface area (Å²) in [4.78, 5) is 12.9. The van der Waals surface area contributed by atoms with Crippen LogP contribution in [0.15, 0.2) is 66.7 Å². The maximum atomic E-state index is 12.9. The van der Waals surface area contributed by atoms with Crippen LogP contribution in [0.25, 0.3) is 0 Å². The fourth-order valence-electron chi connectivity index (χ4n) is 2.90. The van der Waals surface area contributed by atoms with E-state index in [4.69, 9.17) is 18.9 Å². The van der Waals surface area contributed by atoms with E-state index in [-0.39, 0.29) is 12.5 Å². The smallest absolute Gasteiger partial charge is 0.255 e. The highest BCUT2D eigenvalue weighted by Crippen LogP contribution is 2.30. The van der Waals surface area contributed by atoms with Gasteiger partial charge in [-0.05, 0) is 49.4 Å². The number of benzene rings is 3. The number of nitrogens with one attached hydrogen (secondary N) is 1. The molecule has 0 saturated carbocycles. The third-order valence-electron chi connectivity index (χ3n) is 4.42. The molecule has 6 nitrogen and oxygen atoms in total. The van der Waals surface area contributed by atoms with E-state index in [1.54, 1.807) is 50.6 Å². The number of anilines is 1. The van der Waals surface area contributed by atoms with Crippen LogP contribution in [-0.4, -0.2) is 26.7 Å². The summed E-state index contributed by atoms with van der Waals surface area (Å²) in [5.41, 5.74) is 1.83. The molecule has 0 aromatic heterocycles. The quantitative estimate of drug-likeness (QED) is 0.545. The molecule has 3 aromatic carbocycles. The van der Waals surface area contributed by atoms with E-state index in [9.17, 15) is 4.79 Å². The number of amides is 1. The van der Waals surface area contributed by atoms with Crippen LogP contribution in [0, 0.1) is 0 Å². The first-order valence-electron chi connectivity index (χ1n) is 9.61. The summed E-state index contributed by atoms with van der Waals surface area (Å²) < 4.78 is 22.1. The number of ether oxygens (including phenoxy) is 4. The molecule has 0 saturated heterocycles. The van der Waals surface area contributed by atoms with Gasteiger partial charge in [0.2, 0.25) is 0 Å². The Balaban J connectivity index is 1.80. The second-order valence-electron chi connectivity index (χ2n) is 6.38. The van der Waals surface area contributed by atoms with E-state index in [0.29, 0.717) is 35.1 Å². The predicted octanol–water partition coefficient (Wildman–Crippen LogP) is 4.93. The zero-order valence-electron chi connectivity index (χ0n) is 17.3. The minimum absolute atomic E-state index is 0.262. The van der Waals surface area contributed by atoms with Crippen molar-refractivity contribution >= 4 is 11.6 Å². The number of para-hydroxylation sites is 1. The summed E-state index contributed by atoms with van der Waals surface area (Å²) in [5.74, 6) is 2.33. The first-order valence-corrected chi connectivity index (χ1v) is 9.61. The number of methoxy groups -OCH3 is 2. The molecule has 0 heterocycles. The van der Waals surface area contributed by atoms with Gasteiger partial charge in [0.15, 0.2) is 0 Å². The monoisotopic (exact) mass is 407 g/mol. The molecule has 0 bridgehead atoms. The van der Waals surface area contributed by atoms with E-state index in [2.05, 4.69) is 5.32 Å². The van der Waals surface area contributed by atoms with Crippen LogP contribution in [0.3, 0.4) is 0 Å². The van der Waals surface area contributed by atoms with Crippen molar-refractivity contribution in [1.82, 2.24) is 0 Å². The van der Waals surface area contributed by atoms with E-state index in [0.717, 1.165) is 11.3 Å². The van der Waals surface area contributed by atoms with E-state index in [1.165, 1.54) is 0 Å². The van der Waals surface area contributed by atoms with Crippen LogP contribution in [0.5, 0.6) is 23.0 Å². The summed E-state index contributed by atoms with van der Waals surface area (Å²) in [7, 11) is 3.12. The van der Waals surface area contributed by atoms with Gasteiger partial charge in [0, 0.05) is 17.2 Å². The molecule has 0 aliphatic rings. The fourth-order valence-corrected chi connectivity index (χ4v) is 2.90. The van der Waals surface area contributed by atoms with Gasteiger partial charge < -0.3 is 24.3 Å². The van der Waals surface area contributed by atoms with E-state index < -0.39 is 0 Å². The van der Waals surface area contributed by atoms with Crippen LogP contribution in [0.4, 0.5) is 5.69 Å². The van der Waals surface area contributed by atoms with Crippen LogP contribution < -0.4 is 24.3 Å². The fraction of sp³-hybridized carbons (Fsp3) is 0.208. The van der Waals surface area contributed by atoms with Crippen LogP contribution in [-0.2, 0) is 6.61 Å². The molecular weight excluding hydrogens is 382 g/mol. The summed E-state index contributed by atoms with van der Waals surface area (Å²) >= 11 is 0. The molecular formula is C24H25NO5. The van der Waals surface area contributed by atoms with Gasteiger partial charge in [0.1, 0.15) is 29.6 Å². The van der Waals surface area contributed by atoms with Gasteiger partial charge in [-0.15, -0.1) is 0 Å². The van der Waals surface area contributed by atoms with Crippen molar-refractivity contribution in [2.75, 3.05) is 26.1 Å². The van der Waals surface area contributed by atoms with E-state index >= 15 is 0 Å². The Morgan fingerprint density at radius 2 is 1.63 bits per heavy atom. The standard InChI is InChI=1S/C24H25NO5/c1-4-29-22-13-10-17(14-18(22)16-30-19-8-6-5-7-9-19)24(26)25-21-12-11-20(27-2)15-23(21)28-3/h5-15H,4,16H2,1-3H3,(H,25,26). The number of carbonyl (C=O) groups excluding carboxylic acids is 1. The van der Waals surface area contributed by atoms with Gasteiger partial charge in [0.05, 0.1) is 26.5 Å². The Hall–Kier alpha value is -3.67. The highest BCUT2D eigenvalue weighted by atomic mass is 16.5. The number of rotatable bonds is 9. The molecule has 1 N–H and O–H groups in total. The SMILES string of the molecule is CCOc1ccc(C(=O)Nc2ccc(OC)cc2OC)cc1COc1ccccc1. The highest BCUT2D eigenvalue weighted by Gasteiger charge is 2.14. The van der Waals surface area contributed by atoms with Gasteiger partial charge in [0.25, 0.3) is 5.91 Å². The predicted molar refractivity (Wildman–Crippen MR) is 116 cm³/mol. The van der Waals surface area contributed by atoms with Gasteiger partial charge in [-0.3, -0.25) is 4.79 Å². The lowest BCUT2D eigenvalue weighted by molar-refractivity contribution is 0.102. The molecule has 3 aromatic rings. The third kappa shape index (κ3) is 5.23. The Labute approximate surface area is 176 Å². The minimum Gasteiger partial charge on any atom is -0.497 e. The Morgan fingerprint density at radius 1 is 0.833 bits per heavy atom. The molecule has 0 radical (unpaired) electrons. The van der Waals surface area contributed by atoms with Crippen molar-refractivity contribution in [3.8, 4) is 23.0 Å². The van der Waals surface area contributed by atoms with E-state index in [1.807, 2.05) is 37.3 Å². The van der Waals surface area contributed by atoms with Gasteiger partial charge in [-0.2, -0.15) is 0 Å². The molecule has 6 heteroatoms. The average molecular weight is 407 g/mol. The largest absolute Gasteiger partial charge is 0.497 e. The topological polar surface area (TPSA) is 66.0 Å². The van der Waals surface area contributed by atoms with Crippen molar-refractivity contribution in [3.63, 3.8) is 0 Å². The molecule has 0 aliphatic heterocycles. The lowest BCUT2D eigenvalue weighted by Crippen LogP contribution is -2.14. The van der Waals surface area contributed by atoms with Crippen molar-refractivity contribution in [1.29, 1.82) is 0 Å². The number of hydrogen-bond acceptors (Lipinski definition) is 5.